The van der Waals surface area contributed by atoms with Crippen molar-refractivity contribution < 1.29 is 9.50 Å². The smallest absolute Gasteiger partial charge is 0.123 e. The number of aliphatic hydroxyl groups excluding tert-OH is 1. The molecule has 0 radical (unpaired) electrons. The van der Waals surface area contributed by atoms with Gasteiger partial charge in [0.15, 0.2) is 0 Å². The predicted molar refractivity (Wildman–Crippen MR) is 71.0 cm³/mol. The van der Waals surface area contributed by atoms with Crippen LogP contribution in [0.25, 0.3) is 0 Å². The molecule has 94 valence electrons. The van der Waals surface area contributed by atoms with Gasteiger partial charge in [-0.15, -0.1) is 0 Å². The van der Waals surface area contributed by atoms with Crippen LogP contribution in [0.1, 0.15) is 28.4 Å². The molecule has 0 amide bonds. The molecule has 0 saturated heterocycles. The molecule has 1 nitrogen and oxygen atoms in total. The van der Waals surface area contributed by atoms with Crippen LogP contribution in [0.4, 0.5) is 4.39 Å². The molecule has 1 N–H and O–H groups in total. The largest absolute Gasteiger partial charge is 0.388 e. The van der Waals surface area contributed by atoms with Crippen molar-refractivity contribution in [1.82, 2.24) is 0 Å². The van der Waals surface area contributed by atoms with Crippen LogP contribution in [-0.4, -0.2) is 5.11 Å². The molecular formula is C16H17FO. The fourth-order valence-corrected chi connectivity index (χ4v) is 2.06. The topological polar surface area (TPSA) is 20.2 Å². The highest BCUT2D eigenvalue weighted by Crippen LogP contribution is 2.21. The third-order valence-electron chi connectivity index (χ3n) is 3.15. The monoisotopic (exact) mass is 244 g/mol. The molecule has 2 rings (SSSR count). The van der Waals surface area contributed by atoms with E-state index in [1.807, 2.05) is 26.0 Å². The van der Waals surface area contributed by atoms with Gasteiger partial charge < -0.3 is 5.11 Å². The number of rotatable bonds is 3. The molecule has 1 atom stereocenters. The van der Waals surface area contributed by atoms with Crippen LogP contribution in [0.5, 0.6) is 0 Å². The van der Waals surface area contributed by atoms with Gasteiger partial charge in [-0.3, -0.25) is 0 Å². The molecule has 0 aliphatic carbocycles. The van der Waals surface area contributed by atoms with E-state index >= 15 is 0 Å². The van der Waals surface area contributed by atoms with Crippen molar-refractivity contribution in [3.8, 4) is 0 Å². The average Bonchev–Trinajstić information content (AvgIpc) is 2.34. The highest BCUT2D eigenvalue weighted by molar-refractivity contribution is 5.32. The summed E-state index contributed by atoms with van der Waals surface area (Å²) in [5, 5.41) is 10.1. The van der Waals surface area contributed by atoms with Gasteiger partial charge in [0.25, 0.3) is 0 Å². The molecule has 2 aromatic carbocycles. The Morgan fingerprint density at radius 1 is 1.11 bits per heavy atom. The molecule has 0 saturated carbocycles. The number of hydrogen-bond donors (Lipinski definition) is 1. The minimum Gasteiger partial charge on any atom is -0.388 e. The van der Waals surface area contributed by atoms with Gasteiger partial charge in [0, 0.05) is 6.42 Å². The Balaban J connectivity index is 2.21. The van der Waals surface area contributed by atoms with Crippen molar-refractivity contribution in [2.45, 2.75) is 26.4 Å². The van der Waals surface area contributed by atoms with Gasteiger partial charge in [-0.2, -0.15) is 0 Å². The predicted octanol–water partition coefficient (Wildman–Crippen LogP) is 3.72. The normalized spacial score (nSPS) is 12.4. The van der Waals surface area contributed by atoms with Crippen LogP contribution >= 0.6 is 0 Å². The first-order valence-corrected chi connectivity index (χ1v) is 6.06. The molecule has 0 heterocycles. The first kappa shape index (κ1) is 12.8. The van der Waals surface area contributed by atoms with Crippen molar-refractivity contribution in [1.29, 1.82) is 0 Å². The van der Waals surface area contributed by atoms with Gasteiger partial charge >= 0.3 is 0 Å². The quantitative estimate of drug-likeness (QED) is 0.872. The molecule has 18 heavy (non-hydrogen) atoms. The van der Waals surface area contributed by atoms with Crippen molar-refractivity contribution in [3.05, 3.63) is 70.5 Å². The summed E-state index contributed by atoms with van der Waals surface area (Å²) in [6.45, 7) is 4.05. The Morgan fingerprint density at radius 2 is 1.89 bits per heavy atom. The van der Waals surface area contributed by atoms with Gasteiger partial charge in [0.05, 0.1) is 6.10 Å². The Labute approximate surface area is 107 Å². The third kappa shape index (κ3) is 2.96. The summed E-state index contributed by atoms with van der Waals surface area (Å²) in [7, 11) is 0. The van der Waals surface area contributed by atoms with E-state index in [9.17, 15) is 9.50 Å². The fourth-order valence-electron chi connectivity index (χ4n) is 2.06. The van der Waals surface area contributed by atoms with Crippen LogP contribution in [0, 0.1) is 19.7 Å². The minimum absolute atomic E-state index is 0.312. The van der Waals surface area contributed by atoms with Crippen molar-refractivity contribution >= 4 is 0 Å². The lowest BCUT2D eigenvalue weighted by Gasteiger charge is -2.13. The molecule has 0 aromatic heterocycles. The lowest BCUT2D eigenvalue weighted by Crippen LogP contribution is -2.03. The molecular weight excluding hydrogens is 227 g/mol. The second kappa shape index (κ2) is 5.32. The van der Waals surface area contributed by atoms with Crippen LogP contribution < -0.4 is 0 Å². The average molecular weight is 244 g/mol. The summed E-state index contributed by atoms with van der Waals surface area (Å²) in [5.74, 6) is -0.312. The van der Waals surface area contributed by atoms with Gasteiger partial charge in [0.2, 0.25) is 0 Å². The van der Waals surface area contributed by atoms with Crippen LogP contribution in [0.2, 0.25) is 0 Å². The second-order valence-corrected chi connectivity index (χ2v) is 4.70. The molecule has 0 aliphatic heterocycles. The van der Waals surface area contributed by atoms with Gasteiger partial charge in [-0.05, 0) is 42.7 Å². The molecule has 0 bridgehead atoms. The Morgan fingerprint density at radius 3 is 2.61 bits per heavy atom. The zero-order chi connectivity index (χ0) is 13.1. The van der Waals surface area contributed by atoms with Crippen molar-refractivity contribution in [3.63, 3.8) is 0 Å². The maximum atomic E-state index is 13.1. The summed E-state index contributed by atoms with van der Waals surface area (Å²) >= 11 is 0. The minimum atomic E-state index is -0.666. The summed E-state index contributed by atoms with van der Waals surface area (Å²) < 4.78 is 13.1. The van der Waals surface area contributed by atoms with Gasteiger partial charge in [0.1, 0.15) is 5.82 Å². The van der Waals surface area contributed by atoms with Gasteiger partial charge in [-0.1, -0.05) is 35.9 Å². The molecule has 0 spiro atoms. The lowest BCUT2D eigenvalue weighted by atomic mass is 9.97. The van der Waals surface area contributed by atoms with Crippen LogP contribution in [-0.2, 0) is 6.42 Å². The highest BCUT2D eigenvalue weighted by atomic mass is 19.1. The standard InChI is InChI=1S/C16H17FO/c1-11-6-7-12(2)14(8-11)10-16(18)13-4-3-5-15(17)9-13/h3-9,16,18H,10H2,1-2H3. The van der Waals surface area contributed by atoms with E-state index in [-0.39, 0.29) is 5.82 Å². The number of aryl methyl sites for hydroxylation is 2. The number of benzene rings is 2. The molecule has 2 heteroatoms. The molecule has 1 unspecified atom stereocenters. The molecule has 0 aliphatic rings. The summed E-state index contributed by atoms with van der Waals surface area (Å²) in [6.07, 6.45) is -0.155. The van der Waals surface area contributed by atoms with Crippen LogP contribution in [0.3, 0.4) is 0 Å². The summed E-state index contributed by atoms with van der Waals surface area (Å²) in [6, 6.07) is 12.3. The van der Waals surface area contributed by atoms with E-state index in [1.165, 1.54) is 17.7 Å². The first-order chi connectivity index (χ1) is 8.56. The number of halogens is 1. The summed E-state index contributed by atoms with van der Waals surface area (Å²) in [4.78, 5) is 0. The Bertz CT molecular complexity index is 549. The van der Waals surface area contributed by atoms with E-state index < -0.39 is 6.10 Å². The van der Waals surface area contributed by atoms with E-state index in [0.29, 0.717) is 12.0 Å². The lowest BCUT2D eigenvalue weighted by molar-refractivity contribution is 0.178. The van der Waals surface area contributed by atoms with Crippen molar-refractivity contribution in [2.75, 3.05) is 0 Å². The maximum Gasteiger partial charge on any atom is 0.123 e. The zero-order valence-corrected chi connectivity index (χ0v) is 10.7. The van der Waals surface area contributed by atoms with Crippen molar-refractivity contribution in [2.24, 2.45) is 0 Å². The maximum absolute atomic E-state index is 13.1. The van der Waals surface area contributed by atoms with Gasteiger partial charge in [-0.25, -0.2) is 4.39 Å². The SMILES string of the molecule is Cc1ccc(C)c(CC(O)c2cccc(F)c2)c1. The Kier molecular flexibility index (Phi) is 3.78. The first-order valence-electron chi connectivity index (χ1n) is 6.06. The van der Waals surface area contributed by atoms with E-state index in [0.717, 1.165) is 11.1 Å². The molecule has 0 fully saturated rings. The third-order valence-corrected chi connectivity index (χ3v) is 3.15. The fraction of sp³-hybridized carbons (Fsp3) is 0.250. The van der Waals surface area contributed by atoms with E-state index in [1.54, 1.807) is 12.1 Å². The highest BCUT2D eigenvalue weighted by Gasteiger charge is 2.11. The second-order valence-electron chi connectivity index (χ2n) is 4.70. The van der Waals surface area contributed by atoms with E-state index in [4.69, 9.17) is 0 Å². The zero-order valence-electron chi connectivity index (χ0n) is 10.7. The number of hydrogen-bond acceptors (Lipinski definition) is 1. The summed E-state index contributed by atoms with van der Waals surface area (Å²) in [5.41, 5.74) is 4.04. The van der Waals surface area contributed by atoms with Crippen LogP contribution in [0.15, 0.2) is 42.5 Å². The van der Waals surface area contributed by atoms with E-state index in [2.05, 4.69) is 6.07 Å². The Hall–Kier alpha value is -1.67. The molecule has 2 aromatic rings. The number of aliphatic hydroxyl groups is 1.